The number of benzene rings is 1. The molecule has 2 rings (SSSR count). The van der Waals surface area contributed by atoms with Crippen molar-refractivity contribution in [3.05, 3.63) is 59.9 Å². The van der Waals surface area contributed by atoms with Crippen LogP contribution in [0, 0.1) is 5.92 Å². The minimum Gasteiger partial charge on any atom is -0.496 e. The van der Waals surface area contributed by atoms with Crippen molar-refractivity contribution in [3.63, 3.8) is 0 Å². The molecule has 1 heterocycles. The van der Waals surface area contributed by atoms with Crippen LogP contribution in [0.1, 0.15) is 29.9 Å². The number of hydrogen-bond acceptors (Lipinski definition) is 4. The first kappa shape index (κ1) is 20.4. The lowest BCUT2D eigenvalue weighted by Gasteiger charge is -2.27. The molecule has 0 saturated heterocycles. The van der Waals surface area contributed by atoms with Crippen LogP contribution in [0.25, 0.3) is 0 Å². The van der Waals surface area contributed by atoms with Crippen LogP contribution < -0.4 is 10.1 Å². The number of hydrogen-bond donors (Lipinski definition) is 1. The molecule has 0 saturated carbocycles. The Hall–Kier alpha value is -2.89. The fourth-order valence-electron chi connectivity index (χ4n) is 2.74. The maximum atomic E-state index is 12.9. The van der Waals surface area contributed by atoms with Gasteiger partial charge in [-0.3, -0.25) is 14.6 Å². The number of carbonyl (C=O) groups is 2. The second kappa shape index (κ2) is 9.71. The van der Waals surface area contributed by atoms with Gasteiger partial charge >= 0.3 is 0 Å². The zero-order valence-corrected chi connectivity index (χ0v) is 16.3. The summed E-state index contributed by atoms with van der Waals surface area (Å²) in [6.07, 6.45) is 2.40. The lowest BCUT2D eigenvalue weighted by atomic mass is 10.0. The molecule has 0 aliphatic rings. The molecule has 0 fully saturated rings. The number of amides is 2. The Balaban J connectivity index is 2.04. The van der Waals surface area contributed by atoms with Crippen LogP contribution >= 0.6 is 0 Å². The largest absolute Gasteiger partial charge is 0.496 e. The molecule has 27 heavy (non-hydrogen) atoms. The van der Waals surface area contributed by atoms with Crippen molar-refractivity contribution in [1.29, 1.82) is 0 Å². The van der Waals surface area contributed by atoms with Gasteiger partial charge in [0.05, 0.1) is 12.7 Å². The highest BCUT2D eigenvalue weighted by Gasteiger charge is 2.28. The quantitative estimate of drug-likeness (QED) is 0.776. The summed E-state index contributed by atoms with van der Waals surface area (Å²) in [6.45, 7) is 4.36. The molecular formula is C21H27N3O3. The number of para-hydroxylation sites is 1. The molecule has 0 bridgehead atoms. The van der Waals surface area contributed by atoms with E-state index in [1.807, 2.05) is 32.0 Å². The monoisotopic (exact) mass is 369 g/mol. The number of nitrogens with one attached hydrogen (secondary N) is 1. The van der Waals surface area contributed by atoms with Crippen molar-refractivity contribution in [1.82, 2.24) is 15.2 Å². The van der Waals surface area contributed by atoms with Crippen molar-refractivity contribution in [2.75, 3.05) is 20.7 Å². The van der Waals surface area contributed by atoms with E-state index in [9.17, 15) is 9.59 Å². The normalized spacial score (nSPS) is 11.7. The lowest BCUT2D eigenvalue weighted by Crippen LogP contribution is -2.50. The van der Waals surface area contributed by atoms with Crippen LogP contribution in [-0.2, 0) is 11.2 Å². The Morgan fingerprint density at radius 1 is 1.15 bits per heavy atom. The molecule has 1 aromatic carbocycles. The predicted octanol–water partition coefficient (Wildman–Crippen LogP) is 2.55. The highest BCUT2D eigenvalue weighted by molar-refractivity contribution is 5.99. The van der Waals surface area contributed by atoms with Gasteiger partial charge in [-0.05, 0) is 30.2 Å². The summed E-state index contributed by atoms with van der Waals surface area (Å²) < 4.78 is 5.24. The third-order valence-corrected chi connectivity index (χ3v) is 4.38. The van der Waals surface area contributed by atoms with E-state index in [2.05, 4.69) is 10.3 Å². The lowest BCUT2D eigenvalue weighted by molar-refractivity contribution is -0.133. The van der Waals surface area contributed by atoms with Crippen LogP contribution in [0.15, 0.2) is 48.7 Å². The Morgan fingerprint density at radius 2 is 1.85 bits per heavy atom. The van der Waals surface area contributed by atoms with Gasteiger partial charge in [0.1, 0.15) is 11.8 Å². The van der Waals surface area contributed by atoms with Crippen LogP contribution in [0.5, 0.6) is 5.75 Å². The first-order valence-electron chi connectivity index (χ1n) is 9.02. The number of rotatable bonds is 8. The fourth-order valence-corrected chi connectivity index (χ4v) is 2.74. The van der Waals surface area contributed by atoms with E-state index >= 15 is 0 Å². The summed E-state index contributed by atoms with van der Waals surface area (Å²) >= 11 is 0. The molecule has 0 aliphatic heterocycles. The van der Waals surface area contributed by atoms with Gasteiger partial charge in [-0.2, -0.15) is 0 Å². The summed E-state index contributed by atoms with van der Waals surface area (Å²) in [5.74, 6) is -0.0104. The van der Waals surface area contributed by atoms with E-state index in [0.29, 0.717) is 24.3 Å². The molecule has 0 radical (unpaired) electrons. The van der Waals surface area contributed by atoms with Gasteiger partial charge in [-0.15, -0.1) is 0 Å². The van der Waals surface area contributed by atoms with Gasteiger partial charge in [0.15, 0.2) is 0 Å². The number of likely N-dealkylation sites (N-methyl/N-ethyl adjacent to an activating group) is 1. The highest BCUT2D eigenvalue weighted by atomic mass is 16.5. The third kappa shape index (κ3) is 5.54. The molecule has 144 valence electrons. The van der Waals surface area contributed by atoms with Gasteiger partial charge in [0.25, 0.3) is 5.91 Å². The molecule has 1 aromatic heterocycles. The van der Waals surface area contributed by atoms with Gasteiger partial charge in [-0.25, -0.2) is 0 Å². The first-order chi connectivity index (χ1) is 12.9. The Morgan fingerprint density at radius 3 is 2.48 bits per heavy atom. The van der Waals surface area contributed by atoms with Crippen molar-refractivity contribution in [2.45, 2.75) is 26.3 Å². The average Bonchev–Trinajstić information content (AvgIpc) is 2.69. The molecule has 1 unspecified atom stereocenters. The molecule has 2 aromatic rings. The van der Waals surface area contributed by atoms with Crippen molar-refractivity contribution in [2.24, 2.45) is 5.92 Å². The maximum Gasteiger partial charge on any atom is 0.255 e. The number of aromatic nitrogens is 1. The Kier molecular flexibility index (Phi) is 7.34. The van der Waals surface area contributed by atoms with Crippen LogP contribution in [0.3, 0.4) is 0 Å². The van der Waals surface area contributed by atoms with Crippen LogP contribution in [0.4, 0.5) is 0 Å². The minimum absolute atomic E-state index is 0.0477. The number of nitrogens with zero attached hydrogens (tertiary/aromatic N) is 2. The summed E-state index contributed by atoms with van der Waals surface area (Å²) in [5.41, 5.74) is 1.34. The Labute approximate surface area is 160 Å². The minimum atomic E-state index is -0.615. The first-order valence-corrected chi connectivity index (χ1v) is 9.02. The number of methoxy groups -OCH3 is 1. The number of ether oxygens (including phenoxy) is 1. The van der Waals surface area contributed by atoms with Gasteiger partial charge in [0, 0.05) is 31.9 Å². The Bertz CT molecular complexity index is 762. The second-order valence-corrected chi connectivity index (χ2v) is 6.73. The SMILES string of the molecule is COc1ccccc1C(=O)NC(C(=O)N(C)CCc1ccccn1)C(C)C. The maximum absolute atomic E-state index is 12.9. The predicted molar refractivity (Wildman–Crippen MR) is 105 cm³/mol. The topological polar surface area (TPSA) is 71.5 Å². The molecule has 1 atom stereocenters. The van der Waals surface area contributed by atoms with E-state index in [4.69, 9.17) is 4.74 Å². The molecule has 0 spiro atoms. The zero-order valence-electron chi connectivity index (χ0n) is 16.3. The van der Waals surface area contributed by atoms with E-state index in [-0.39, 0.29) is 17.7 Å². The van der Waals surface area contributed by atoms with Crippen molar-refractivity contribution < 1.29 is 14.3 Å². The van der Waals surface area contributed by atoms with E-state index < -0.39 is 6.04 Å². The molecule has 1 N–H and O–H groups in total. The summed E-state index contributed by atoms with van der Waals surface area (Å²) in [7, 11) is 3.26. The third-order valence-electron chi connectivity index (χ3n) is 4.38. The zero-order chi connectivity index (χ0) is 19.8. The van der Waals surface area contributed by atoms with Crippen molar-refractivity contribution in [3.8, 4) is 5.75 Å². The standard InChI is InChI=1S/C21H27N3O3/c1-15(2)19(23-20(25)17-10-5-6-11-18(17)27-4)21(26)24(3)14-12-16-9-7-8-13-22-16/h5-11,13,15,19H,12,14H2,1-4H3,(H,23,25). The molecule has 6 nitrogen and oxygen atoms in total. The number of carbonyl (C=O) groups excluding carboxylic acids is 2. The molecule has 6 heteroatoms. The van der Waals surface area contributed by atoms with E-state index in [0.717, 1.165) is 5.69 Å². The summed E-state index contributed by atoms with van der Waals surface area (Å²) in [4.78, 5) is 31.5. The smallest absolute Gasteiger partial charge is 0.255 e. The van der Waals surface area contributed by atoms with Gasteiger partial charge in [0.2, 0.25) is 5.91 Å². The summed E-state index contributed by atoms with van der Waals surface area (Å²) in [6, 6.07) is 12.1. The second-order valence-electron chi connectivity index (χ2n) is 6.73. The van der Waals surface area contributed by atoms with Gasteiger partial charge < -0.3 is 15.0 Å². The molecular weight excluding hydrogens is 342 g/mol. The van der Waals surface area contributed by atoms with E-state index in [1.165, 1.54) is 7.11 Å². The highest BCUT2D eigenvalue weighted by Crippen LogP contribution is 2.18. The van der Waals surface area contributed by atoms with Crippen LogP contribution in [0.2, 0.25) is 0 Å². The van der Waals surface area contributed by atoms with Crippen molar-refractivity contribution >= 4 is 11.8 Å². The number of pyridine rings is 1. The summed E-state index contributed by atoms with van der Waals surface area (Å²) in [5, 5.41) is 2.86. The van der Waals surface area contributed by atoms with E-state index in [1.54, 1.807) is 42.4 Å². The van der Waals surface area contributed by atoms with Crippen LogP contribution in [-0.4, -0.2) is 48.4 Å². The molecule has 2 amide bonds. The fraction of sp³-hybridized carbons (Fsp3) is 0.381. The molecule has 0 aliphatic carbocycles. The van der Waals surface area contributed by atoms with Gasteiger partial charge in [-0.1, -0.05) is 32.0 Å². The average molecular weight is 369 g/mol.